The Morgan fingerprint density at radius 2 is 1.85 bits per heavy atom. The molecule has 144 valence electrons. The molecule has 6 rings (SSSR count). The Hall–Kier alpha value is -1.14. The average Bonchev–Trinajstić information content (AvgIpc) is 3.09. The molecule has 6 fully saturated rings. The quantitative estimate of drug-likeness (QED) is 0.701. The van der Waals surface area contributed by atoms with Crippen LogP contribution in [0.1, 0.15) is 52.9 Å². The molecule has 0 radical (unpaired) electrons. The second-order valence-corrected chi connectivity index (χ2v) is 10.2. The SMILES string of the molecule is CC(C)(C)C(=O)OCC12CC3CC(C1)C1(OC4COC(=O)C4O1)C(C3)C2. The number of rotatable bonds is 2. The summed E-state index contributed by atoms with van der Waals surface area (Å²) < 4.78 is 23.5. The number of esters is 2. The zero-order chi connectivity index (χ0) is 18.3. The third kappa shape index (κ3) is 2.30. The lowest BCUT2D eigenvalue weighted by Gasteiger charge is -2.62. The van der Waals surface area contributed by atoms with Gasteiger partial charge in [0.1, 0.15) is 12.7 Å². The molecule has 0 aromatic carbocycles. The van der Waals surface area contributed by atoms with Crippen LogP contribution >= 0.6 is 0 Å². The molecule has 6 heteroatoms. The summed E-state index contributed by atoms with van der Waals surface area (Å²) in [5.74, 6) is 0.165. The predicted octanol–water partition coefficient (Wildman–Crippen LogP) is 2.44. The van der Waals surface area contributed by atoms with E-state index in [9.17, 15) is 9.59 Å². The van der Waals surface area contributed by atoms with Gasteiger partial charge in [0.2, 0.25) is 0 Å². The highest BCUT2D eigenvalue weighted by atomic mass is 16.8. The molecule has 6 aliphatic rings. The maximum absolute atomic E-state index is 12.3. The van der Waals surface area contributed by atoms with Crippen molar-refractivity contribution < 1.29 is 28.5 Å². The molecule has 6 nitrogen and oxygen atoms in total. The second kappa shape index (κ2) is 5.22. The maximum atomic E-state index is 12.3. The maximum Gasteiger partial charge on any atom is 0.338 e. The van der Waals surface area contributed by atoms with Gasteiger partial charge in [-0.1, -0.05) is 0 Å². The summed E-state index contributed by atoms with van der Waals surface area (Å²) in [6, 6.07) is 0. The van der Waals surface area contributed by atoms with E-state index in [-0.39, 0.29) is 35.3 Å². The number of hydrogen-bond donors (Lipinski definition) is 0. The number of ether oxygens (including phenoxy) is 4. The number of cyclic esters (lactones) is 1. The van der Waals surface area contributed by atoms with E-state index in [4.69, 9.17) is 18.9 Å². The molecule has 4 aliphatic carbocycles. The van der Waals surface area contributed by atoms with Crippen LogP contribution < -0.4 is 0 Å². The molecule has 2 saturated heterocycles. The fourth-order valence-electron chi connectivity index (χ4n) is 6.25. The minimum Gasteiger partial charge on any atom is -0.465 e. The van der Waals surface area contributed by atoms with Crippen LogP contribution in [-0.2, 0) is 28.5 Å². The van der Waals surface area contributed by atoms with E-state index in [1.807, 2.05) is 20.8 Å². The Morgan fingerprint density at radius 3 is 2.46 bits per heavy atom. The normalized spacial score (nSPS) is 48.7. The van der Waals surface area contributed by atoms with Gasteiger partial charge in [0.05, 0.1) is 12.0 Å². The topological polar surface area (TPSA) is 71.1 Å². The van der Waals surface area contributed by atoms with E-state index in [0.29, 0.717) is 19.1 Å². The second-order valence-electron chi connectivity index (χ2n) is 10.2. The first kappa shape index (κ1) is 17.0. The Labute approximate surface area is 153 Å². The summed E-state index contributed by atoms with van der Waals surface area (Å²) >= 11 is 0. The lowest BCUT2D eigenvalue weighted by Crippen LogP contribution is -2.63. The van der Waals surface area contributed by atoms with Gasteiger partial charge in [-0.2, -0.15) is 0 Å². The minimum atomic E-state index is -0.622. The van der Waals surface area contributed by atoms with Crippen molar-refractivity contribution in [3.8, 4) is 0 Å². The summed E-state index contributed by atoms with van der Waals surface area (Å²) in [4.78, 5) is 24.2. The molecule has 4 atom stereocenters. The largest absolute Gasteiger partial charge is 0.465 e. The molecule has 0 aromatic rings. The van der Waals surface area contributed by atoms with Crippen LogP contribution in [0.3, 0.4) is 0 Å². The van der Waals surface area contributed by atoms with Crippen LogP contribution in [0.25, 0.3) is 0 Å². The first-order chi connectivity index (χ1) is 12.2. The summed E-state index contributed by atoms with van der Waals surface area (Å²) in [5.41, 5.74) is -0.424. The Kier molecular flexibility index (Phi) is 3.41. The lowest BCUT2D eigenvalue weighted by atomic mass is 9.47. The zero-order valence-electron chi connectivity index (χ0n) is 15.8. The predicted molar refractivity (Wildman–Crippen MR) is 89.8 cm³/mol. The minimum absolute atomic E-state index is 0.0492. The van der Waals surface area contributed by atoms with Crippen molar-refractivity contribution >= 4 is 11.9 Å². The van der Waals surface area contributed by atoms with Crippen molar-refractivity contribution in [1.29, 1.82) is 0 Å². The molecule has 4 bridgehead atoms. The zero-order valence-corrected chi connectivity index (χ0v) is 15.8. The molecule has 4 unspecified atom stereocenters. The number of fused-ring (bicyclic) bond motifs is 1. The first-order valence-corrected chi connectivity index (χ1v) is 9.90. The molecule has 2 aliphatic heterocycles. The van der Waals surface area contributed by atoms with Crippen LogP contribution in [0.4, 0.5) is 0 Å². The third-order valence-corrected chi connectivity index (χ3v) is 7.18. The van der Waals surface area contributed by atoms with Crippen LogP contribution in [0, 0.1) is 28.6 Å². The molecule has 2 heterocycles. The van der Waals surface area contributed by atoms with E-state index in [2.05, 4.69) is 0 Å². The molecule has 0 amide bonds. The highest BCUT2D eigenvalue weighted by Gasteiger charge is 2.69. The van der Waals surface area contributed by atoms with Crippen molar-refractivity contribution in [2.45, 2.75) is 70.9 Å². The molecule has 4 saturated carbocycles. The van der Waals surface area contributed by atoms with E-state index < -0.39 is 17.3 Å². The van der Waals surface area contributed by atoms with Gasteiger partial charge < -0.3 is 18.9 Å². The Bertz CT molecular complexity index is 633. The van der Waals surface area contributed by atoms with E-state index >= 15 is 0 Å². The van der Waals surface area contributed by atoms with Crippen molar-refractivity contribution in [2.75, 3.05) is 13.2 Å². The summed E-state index contributed by atoms with van der Waals surface area (Å²) in [7, 11) is 0. The lowest BCUT2D eigenvalue weighted by molar-refractivity contribution is -0.318. The van der Waals surface area contributed by atoms with Crippen LogP contribution in [0.15, 0.2) is 0 Å². The average molecular weight is 364 g/mol. The molecular formula is C20H28O6. The van der Waals surface area contributed by atoms with Gasteiger partial charge in [0.15, 0.2) is 11.9 Å². The van der Waals surface area contributed by atoms with Gasteiger partial charge in [-0.25, -0.2) is 4.79 Å². The highest BCUT2D eigenvalue weighted by Crippen LogP contribution is 2.66. The fourth-order valence-corrected chi connectivity index (χ4v) is 6.25. The van der Waals surface area contributed by atoms with Crippen molar-refractivity contribution in [1.82, 2.24) is 0 Å². The van der Waals surface area contributed by atoms with Gasteiger partial charge in [-0.15, -0.1) is 0 Å². The number of carbonyl (C=O) groups is 2. The highest BCUT2D eigenvalue weighted by molar-refractivity contribution is 5.78. The smallest absolute Gasteiger partial charge is 0.338 e. The monoisotopic (exact) mass is 364 g/mol. The molecule has 0 aromatic heterocycles. The van der Waals surface area contributed by atoms with Crippen LogP contribution in [-0.4, -0.2) is 43.1 Å². The van der Waals surface area contributed by atoms with Gasteiger partial charge in [-0.3, -0.25) is 4.79 Å². The molecule has 0 N–H and O–H groups in total. The van der Waals surface area contributed by atoms with Crippen LogP contribution in [0.2, 0.25) is 0 Å². The summed E-state index contributed by atoms with van der Waals surface area (Å²) in [6.07, 6.45) is 4.39. The Morgan fingerprint density at radius 1 is 1.15 bits per heavy atom. The van der Waals surface area contributed by atoms with Gasteiger partial charge in [0.25, 0.3) is 0 Å². The van der Waals surface area contributed by atoms with Crippen molar-refractivity contribution in [3.05, 3.63) is 0 Å². The van der Waals surface area contributed by atoms with Crippen molar-refractivity contribution in [3.63, 3.8) is 0 Å². The molecule has 26 heavy (non-hydrogen) atoms. The van der Waals surface area contributed by atoms with Gasteiger partial charge >= 0.3 is 11.9 Å². The first-order valence-electron chi connectivity index (χ1n) is 9.90. The van der Waals surface area contributed by atoms with Crippen molar-refractivity contribution in [2.24, 2.45) is 28.6 Å². The van der Waals surface area contributed by atoms with Gasteiger partial charge in [-0.05, 0) is 58.8 Å². The van der Waals surface area contributed by atoms with E-state index in [1.165, 1.54) is 0 Å². The molecular weight excluding hydrogens is 336 g/mol. The Balaban J connectivity index is 1.35. The van der Waals surface area contributed by atoms with Crippen LogP contribution in [0.5, 0.6) is 0 Å². The summed E-state index contributed by atoms with van der Waals surface area (Å²) in [6.45, 7) is 6.48. The number of carbonyl (C=O) groups excluding carboxylic acids is 2. The fraction of sp³-hybridized carbons (Fsp3) is 0.900. The summed E-state index contributed by atoms with van der Waals surface area (Å²) in [5, 5.41) is 0. The third-order valence-electron chi connectivity index (χ3n) is 7.18. The van der Waals surface area contributed by atoms with E-state index in [0.717, 1.165) is 32.1 Å². The standard InChI is InChI=1S/C20H28O6/c1-18(2,3)17(22)24-10-19-6-11-4-12(7-19)20(13(5-11)8-19)25-14-9-23-16(21)15(14)26-20/h11-15H,4-10H2,1-3H3. The number of hydrogen-bond acceptors (Lipinski definition) is 6. The molecule has 1 spiro atoms. The van der Waals surface area contributed by atoms with E-state index in [1.54, 1.807) is 0 Å². The van der Waals surface area contributed by atoms with Gasteiger partial charge in [0, 0.05) is 17.3 Å².